The van der Waals surface area contributed by atoms with E-state index in [9.17, 15) is 5.11 Å². The molecule has 0 aliphatic carbocycles. The van der Waals surface area contributed by atoms with E-state index in [0.717, 1.165) is 5.56 Å². The first kappa shape index (κ1) is 19.1. The normalized spacial score (nSPS) is 12.5. The maximum atomic E-state index is 9.83. The van der Waals surface area contributed by atoms with Crippen LogP contribution in [0.25, 0.3) is 0 Å². The van der Waals surface area contributed by atoms with Gasteiger partial charge in [-0.05, 0) is 24.5 Å². The zero-order valence-electron chi connectivity index (χ0n) is 12.5. The molecule has 1 rings (SSSR count). The second kappa shape index (κ2) is 8.03. The molecule has 0 saturated heterocycles. The molecule has 0 heterocycles. The van der Waals surface area contributed by atoms with Gasteiger partial charge in [0.2, 0.25) is 9.54 Å². The number of rotatable bonds is 6. The predicted molar refractivity (Wildman–Crippen MR) is 88.7 cm³/mol. The van der Waals surface area contributed by atoms with E-state index in [-0.39, 0.29) is 6.42 Å². The summed E-state index contributed by atoms with van der Waals surface area (Å²) in [4.78, 5) is 0. The highest BCUT2D eigenvalue weighted by Gasteiger charge is 2.31. The van der Waals surface area contributed by atoms with E-state index in [1.807, 2.05) is 0 Å². The summed E-state index contributed by atoms with van der Waals surface area (Å²) < 4.78 is 14.1. The van der Waals surface area contributed by atoms with E-state index in [4.69, 9.17) is 55.4 Å². The molecule has 122 valence electrons. The van der Waals surface area contributed by atoms with Crippen molar-refractivity contribution in [3.63, 3.8) is 0 Å². The average molecular weight is 368 g/mol. The lowest BCUT2D eigenvalue weighted by atomic mass is 9.99. The Labute approximate surface area is 145 Å². The van der Waals surface area contributed by atoms with Gasteiger partial charge >= 0.3 is 0 Å². The van der Waals surface area contributed by atoms with Gasteiger partial charge in [-0.1, -0.05) is 40.7 Å². The number of aryl methyl sites for hydroxylation is 1. The van der Waals surface area contributed by atoms with Crippen molar-refractivity contribution < 1.29 is 19.3 Å². The van der Waals surface area contributed by atoms with Crippen LogP contribution in [-0.2, 0) is 6.42 Å². The van der Waals surface area contributed by atoms with Crippen LogP contribution in [0.5, 0.6) is 17.2 Å². The van der Waals surface area contributed by atoms with Crippen LogP contribution in [0.15, 0.2) is 6.07 Å². The third-order valence-electron chi connectivity index (χ3n) is 3.12. The summed E-state index contributed by atoms with van der Waals surface area (Å²) in [5.74, 6) is 3.83. The summed E-state index contributed by atoms with van der Waals surface area (Å²) in [7, 11) is 4.48. The number of hydrogen-bond donors (Lipinski definition) is 1. The van der Waals surface area contributed by atoms with Crippen LogP contribution < -0.4 is 14.2 Å². The Bertz CT molecular complexity index is 561. The second-order valence-corrected chi connectivity index (χ2v) is 6.79. The van der Waals surface area contributed by atoms with E-state index in [1.54, 1.807) is 6.07 Å². The van der Waals surface area contributed by atoms with E-state index in [0.29, 0.717) is 29.2 Å². The van der Waals surface area contributed by atoms with Gasteiger partial charge < -0.3 is 19.3 Å². The fourth-order valence-electron chi connectivity index (χ4n) is 2.02. The molecule has 0 saturated carbocycles. The molecule has 22 heavy (non-hydrogen) atoms. The van der Waals surface area contributed by atoms with Gasteiger partial charge in [-0.15, -0.1) is 6.42 Å². The quantitative estimate of drug-likeness (QED) is 0.619. The van der Waals surface area contributed by atoms with Gasteiger partial charge in [0.15, 0.2) is 11.5 Å². The number of hydrogen-bond acceptors (Lipinski definition) is 4. The molecular formula is C15H17Cl3O4. The lowest BCUT2D eigenvalue weighted by Gasteiger charge is -2.20. The SMILES string of the molecule is C#Cc1c(CCC(O)C(Cl)(Cl)Cl)cc(OC)c(OC)c1OC. The molecule has 0 aromatic heterocycles. The summed E-state index contributed by atoms with van der Waals surface area (Å²) >= 11 is 17.0. The van der Waals surface area contributed by atoms with E-state index < -0.39 is 9.90 Å². The number of halogens is 3. The van der Waals surface area contributed by atoms with E-state index in [2.05, 4.69) is 5.92 Å². The monoisotopic (exact) mass is 366 g/mol. The van der Waals surface area contributed by atoms with Crippen molar-refractivity contribution in [3.8, 4) is 29.6 Å². The van der Waals surface area contributed by atoms with Crippen molar-refractivity contribution in [2.24, 2.45) is 0 Å². The summed E-state index contributed by atoms with van der Waals surface area (Å²) in [6.07, 6.45) is 5.04. The fraction of sp³-hybridized carbons (Fsp3) is 0.467. The zero-order chi connectivity index (χ0) is 16.9. The molecule has 1 aromatic rings. The van der Waals surface area contributed by atoms with E-state index in [1.165, 1.54) is 21.3 Å². The first-order valence-electron chi connectivity index (χ1n) is 6.33. The summed E-state index contributed by atoms with van der Waals surface area (Å²) in [6, 6.07) is 1.72. The van der Waals surface area contributed by atoms with Crippen LogP contribution in [0.4, 0.5) is 0 Å². The Morgan fingerprint density at radius 2 is 1.77 bits per heavy atom. The highest BCUT2D eigenvalue weighted by atomic mass is 35.6. The van der Waals surface area contributed by atoms with Crippen molar-refractivity contribution in [2.75, 3.05) is 21.3 Å². The number of ether oxygens (including phenoxy) is 3. The molecule has 1 atom stereocenters. The summed E-state index contributed by atoms with van der Waals surface area (Å²) in [6.45, 7) is 0. The van der Waals surface area contributed by atoms with Crippen LogP contribution in [-0.4, -0.2) is 36.3 Å². The molecule has 4 nitrogen and oxygen atoms in total. The maximum absolute atomic E-state index is 9.83. The molecule has 1 N–H and O–H groups in total. The fourth-order valence-corrected chi connectivity index (χ4v) is 2.35. The molecule has 0 amide bonds. The zero-order valence-corrected chi connectivity index (χ0v) is 14.7. The highest BCUT2D eigenvalue weighted by Crippen LogP contribution is 2.42. The Morgan fingerprint density at radius 3 is 2.18 bits per heavy atom. The molecule has 1 aromatic carbocycles. The smallest absolute Gasteiger partial charge is 0.216 e. The molecule has 7 heteroatoms. The van der Waals surface area contributed by atoms with Crippen LogP contribution in [0, 0.1) is 12.3 Å². The predicted octanol–water partition coefficient (Wildman–Crippen LogP) is 3.36. The van der Waals surface area contributed by atoms with Crippen LogP contribution in [0.2, 0.25) is 0 Å². The van der Waals surface area contributed by atoms with Crippen molar-refractivity contribution in [2.45, 2.75) is 22.7 Å². The van der Waals surface area contributed by atoms with Crippen molar-refractivity contribution >= 4 is 34.8 Å². The number of benzene rings is 1. The third kappa shape index (κ3) is 4.27. The van der Waals surface area contributed by atoms with E-state index >= 15 is 0 Å². The number of methoxy groups -OCH3 is 3. The Balaban J connectivity index is 3.22. The van der Waals surface area contributed by atoms with Crippen molar-refractivity contribution in [1.29, 1.82) is 0 Å². The molecule has 0 aliphatic rings. The van der Waals surface area contributed by atoms with Crippen LogP contribution >= 0.6 is 34.8 Å². The number of aliphatic hydroxyl groups excluding tert-OH is 1. The molecule has 0 spiro atoms. The topological polar surface area (TPSA) is 47.9 Å². The molecule has 0 bridgehead atoms. The first-order valence-corrected chi connectivity index (χ1v) is 7.46. The number of alkyl halides is 3. The standard InChI is InChI=1S/C15H17Cl3O4/c1-5-10-9(6-7-12(19)15(16,17)18)8-11(20-2)14(22-4)13(10)21-3/h1,8,12,19H,6-7H2,2-4H3. The molecule has 0 fully saturated rings. The minimum absolute atomic E-state index is 0.212. The summed E-state index contributed by atoms with van der Waals surface area (Å²) in [5, 5.41) is 9.83. The number of terminal acetylenes is 1. The Morgan fingerprint density at radius 1 is 1.18 bits per heavy atom. The van der Waals surface area contributed by atoms with Gasteiger partial charge in [-0.3, -0.25) is 0 Å². The molecule has 0 aliphatic heterocycles. The van der Waals surface area contributed by atoms with Crippen molar-refractivity contribution in [1.82, 2.24) is 0 Å². The lowest BCUT2D eigenvalue weighted by molar-refractivity contribution is 0.169. The first-order chi connectivity index (χ1) is 10.3. The molecule has 0 radical (unpaired) electrons. The maximum Gasteiger partial charge on any atom is 0.216 e. The van der Waals surface area contributed by atoms with Gasteiger partial charge in [0.25, 0.3) is 0 Å². The van der Waals surface area contributed by atoms with Crippen LogP contribution in [0.3, 0.4) is 0 Å². The Hall–Kier alpha value is -0.990. The van der Waals surface area contributed by atoms with Gasteiger partial charge in [0, 0.05) is 0 Å². The average Bonchev–Trinajstić information content (AvgIpc) is 2.49. The molecule has 1 unspecified atom stereocenters. The van der Waals surface area contributed by atoms with Crippen LogP contribution in [0.1, 0.15) is 17.5 Å². The largest absolute Gasteiger partial charge is 0.493 e. The van der Waals surface area contributed by atoms with Gasteiger partial charge in [-0.2, -0.15) is 0 Å². The lowest BCUT2D eigenvalue weighted by Crippen LogP contribution is -2.25. The van der Waals surface area contributed by atoms with Gasteiger partial charge in [0.05, 0.1) is 26.9 Å². The minimum Gasteiger partial charge on any atom is -0.493 e. The van der Waals surface area contributed by atoms with Gasteiger partial charge in [-0.25, -0.2) is 0 Å². The Kier molecular flexibility index (Phi) is 6.96. The minimum atomic E-state index is -1.75. The summed E-state index contributed by atoms with van der Waals surface area (Å²) in [5.41, 5.74) is 1.24. The second-order valence-electron chi connectivity index (χ2n) is 4.42. The van der Waals surface area contributed by atoms with Crippen molar-refractivity contribution in [3.05, 3.63) is 17.2 Å². The third-order valence-corrected chi connectivity index (χ3v) is 3.88. The highest BCUT2D eigenvalue weighted by molar-refractivity contribution is 6.68. The molecular weight excluding hydrogens is 351 g/mol. The van der Waals surface area contributed by atoms with Gasteiger partial charge in [0.1, 0.15) is 6.10 Å². The number of aliphatic hydroxyl groups is 1.